The summed E-state index contributed by atoms with van der Waals surface area (Å²) in [5, 5.41) is 3.88. The minimum absolute atomic E-state index is 0.0924. The Bertz CT molecular complexity index is 319. The number of rotatable bonds is 4. The smallest absolute Gasteiger partial charge is 0.234 e. The predicted octanol–water partition coefficient (Wildman–Crippen LogP) is -0.762. The van der Waals surface area contributed by atoms with Crippen molar-refractivity contribution >= 4 is 26.6 Å². The Hall–Kier alpha value is -0.730. The van der Waals surface area contributed by atoms with Crippen LogP contribution >= 0.6 is 11.5 Å². The van der Waals surface area contributed by atoms with Gasteiger partial charge in [-0.05, 0) is 0 Å². The molecular weight excluding hydrogens is 200 g/mol. The van der Waals surface area contributed by atoms with Crippen molar-refractivity contribution in [1.82, 2.24) is 9.59 Å². The van der Waals surface area contributed by atoms with Gasteiger partial charge in [0.15, 0.2) is 0 Å². The maximum atomic E-state index is 11.1. The molecule has 8 heteroatoms. The summed E-state index contributed by atoms with van der Waals surface area (Å²) in [6, 6.07) is 0. The summed E-state index contributed by atoms with van der Waals surface area (Å²) in [5.74, 6) is -0.0924. The van der Waals surface area contributed by atoms with Gasteiger partial charge in [0.05, 0.1) is 11.9 Å². The van der Waals surface area contributed by atoms with Gasteiger partial charge in [0.1, 0.15) is 5.00 Å². The molecule has 6 nitrogen and oxygen atoms in total. The summed E-state index contributed by atoms with van der Waals surface area (Å²) in [7, 11) is -3.30. The largest absolute Gasteiger partial charge is 0.329 e. The van der Waals surface area contributed by atoms with Crippen molar-refractivity contribution in [2.24, 2.45) is 5.73 Å². The fraction of sp³-hybridized carbons (Fsp3) is 0.500. The van der Waals surface area contributed by atoms with E-state index < -0.39 is 10.0 Å². The van der Waals surface area contributed by atoms with Crippen LogP contribution in [0.3, 0.4) is 0 Å². The van der Waals surface area contributed by atoms with Crippen LogP contribution in [-0.4, -0.2) is 30.3 Å². The summed E-state index contributed by atoms with van der Waals surface area (Å²) in [6.07, 6.45) is 1.35. The second-order valence-electron chi connectivity index (χ2n) is 1.99. The maximum Gasteiger partial charge on any atom is 0.234 e. The maximum absolute atomic E-state index is 11.1. The molecule has 1 heterocycles. The topological polar surface area (TPSA) is 98.0 Å². The summed E-state index contributed by atoms with van der Waals surface area (Å²) in [6.45, 7) is 0.0988. The molecule has 1 aromatic heterocycles. The average Bonchev–Trinajstić information content (AvgIpc) is 2.38. The summed E-state index contributed by atoms with van der Waals surface area (Å²) in [4.78, 5) is 0. The van der Waals surface area contributed by atoms with Gasteiger partial charge in [0.25, 0.3) is 0 Å². The number of hydrogen-bond acceptors (Lipinski definition) is 6. The molecule has 0 atom stereocenters. The van der Waals surface area contributed by atoms with Gasteiger partial charge in [0, 0.05) is 18.1 Å². The van der Waals surface area contributed by atoms with E-state index >= 15 is 0 Å². The van der Waals surface area contributed by atoms with Crippen molar-refractivity contribution in [3.63, 3.8) is 0 Å². The van der Waals surface area contributed by atoms with Crippen LogP contribution < -0.4 is 10.5 Å². The second kappa shape index (κ2) is 3.78. The van der Waals surface area contributed by atoms with E-state index in [2.05, 4.69) is 14.3 Å². The molecule has 1 aromatic rings. The Morgan fingerprint density at radius 1 is 1.67 bits per heavy atom. The molecule has 0 fully saturated rings. The van der Waals surface area contributed by atoms with Crippen LogP contribution in [0.5, 0.6) is 0 Å². The Morgan fingerprint density at radius 2 is 2.42 bits per heavy atom. The molecule has 3 N–H and O–H groups in total. The van der Waals surface area contributed by atoms with Crippen molar-refractivity contribution < 1.29 is 8.42 Å². The van der Waals surface area contributed by atoms with Crippen molar-refractivity contribution in [3.05, 3.63) is 6.20 Å². The van der Waals surface area contributed by atoms with Gasteiger partial charge in [-0.15, -0.1) is 5.10 Å². The number of aromatic nitrogens is 2. The molecule has 0 unspecified atom stereocenters. The van der Waals surface area contributed by atoms with Gasteiger partial charge < -0.3 is 5.73 Å². The zero-order valence-corrected chi connectivity index (χ0v) is 7.73. The molecular formula is C4H8N4O2S2. The third kappa shape index (κ3) is 2.72. The van der Waals surface area contributed by atoms with Crippen molar-refractivity contribution in [3.8, 4) is 0 Å². The summed E-state index contributed by atoms with van der Waals surface area (Å²) in [5.41, 5.74) is 5.10. The fourth-order valence-electron chi connectivity index (χ4n) is 0.572. The number of hydrogen-bond donors (Lipinski definition) is 2. The molecule has 0 saturated carbocycles. The lowest BCUT2D eigenvalue weighted by atomic mass is 10.8. The monoisotopic (exact) mass is 208 g/mol. The minimum Gasteiger partial charge on any atom is -0.329 e. The van der Waals surface area contributed by atoms with E-state index in [1.54, 1.807) is 0 Å². The number of anilines is 1. The van der Waals surface area contributed by atoms with E-state index in [4.69, 9.17) is 5.73 Å². The first-order valence-electron chi connectivity index (χ1n) is 3.12. The highest BCUT2D eigenvalue weighted by Gasteiger charge is 2.09. The third-order valence-corrected chi connectivity index (χ3v) is 3.02. The highest BCUT2D eigenvalue weighted by molar-refractivity contribution is 7.92. The van der Waals surface area contributed by atoms with E-state index in [0.29, 0.717) is 5.00 Å². The molecule has 0 bridgehead atoms. The van der Waals surface area contributed by atoms with E-state index in [1.807, 2.05) is 0 Å². The molecule has 12 heavy (non-hydrogen) atoms. The molecule has 1 rings (SSSR count). The predicted molar refractivity (Wildman–Crippen MR) is 46.4 cm³/mol. The van der Waals surface area contributed by atoms with Crippen molar-refractivity contribution in [1.29, 1.82) is 0 Å². The summed E-state index contributed by atoms with van der Waals surface area (Å²) < 4.78 is 27.9. The molecule has 0 aliphatic rings. The Balaban J connectivity index is 2.63. The molecule has 0 aliphatic carbocycles. The first kappa shape index (κ1) is 9.36. The lowest BCUT2D eigenvalue weighted by molar-refractivity contribution is 0.601. The van der Waals surface area contributed by atoms with E-state index in [0.717, 1.165) is 11.5 Å². The molecule has 68 valence electrons. The van der Waals surface area contributed by atoms with E-state index in [9.17, 15) is 8.42 Å². The SMILES string of the molecule is NCCS(=O)(=O)Nc1cnns1. The number of nitrogens with two attached hydrogens (primary N) is 1. The first-order chi connectivity index (χ1) is 5.64. The van der Waals surface area contributed by atoms with Crippen LogP contribution in [0.1, 0.15) is 0 Å². The van der Waals surface area contributed by atoms with E-state index in [-0.39, 0.29) is 12.3 Å². The van der Waals surface area contributed by atoms with Crippen LogP contribution in [0, 0.1) is 0 Å². The van der Waals surface area contributed by atoms with Crippen LogP contribution in [0.4, 0.5) is 5.00 Å². The quantitative estimate of drug-likeness (QED) is 0.677. The molecule has 0 spiro atoms. The van der Waals surface area contributed by atoms with E-state index in [1.165, 1.54) is 6.20 Å². The van der Waals surface area contributed by atoms with Gasteiger partial charge in [-0.25, -0.2) is 8.42 Å². The molecule has 0 aliphatic heterocycles. The fourth-order valence-corrected chi connectivity index (χ4v) is 2.15. The zero-order chi connectivity index (χ0) is 9.03. The Kier molecular flexibility index (Phi) is 2.95. The first-order valence-corrected chi connectivity index (χ1v) is 5.54. The van der Waals surface area contributed by atoms with Gasteiger partial charge in [-0.2, -0.15) is 0 Å². The second-order valence-corrected chi connectivity index (χ2v) is 4.62. The Labute approximate surface area is 74.0 Å². The van der Waals surface area contributed by atoms with Crippen LogP contribution in [0.25, 0.3) is 0 Å². The third-order valence-electron chi connectivity index (χ3n) is 1.00. The average molecular weight is 208 g/mol. The van der Waals surface area contributed by atoms with Crippen LogP contribution in [-0.2, 0) is 10.0 Å². The van der Waals surface area contributed by atoms with Gasteiger partial charge >= 0.3 is 0 Å². The molecule has 0 saturated heterocycles. The normalized spacial score (nSPS) is 11.4. The van der Waals surface area contributed by atoms with Crippen molar-refractivity contribution in [2.75, 3.05) is 17.0 Å². The summed E-state index contributed by atoms with van der Waals surface area (Å²) >= 11 is 0.983. The standard InChI is InChI=1S/C4H8N4O2S2/c5-1-2-12(9,10)7-4-3-6-8-11-4/h3,7H,1-2,5H2. The van der Waals surface area contributed by atoms with Crippen molar-refractivity contribution in [2.45, 2.75) is 0 Å². The molecule has 0 amide bonds. The number of nitrogens with zero attached hydrogens (tertiary/aromatic N) is 2. The number of nitrogens with one attached hydrogen (secondary N) is 1. The van der Waals surface area contributed by atoms with Gasteiger partial charge in [0.2, 0.25) is 10.0 Å². The molecule has 0 radical (unpaired) electrons. The molecule has 0 aromatic carbocycles. The van der Waals surface area contributed by atoms with Crippen LogP contribution in [0.2, 0.25) is 0 Å². The van der Waals surface area contributed by atoms with Crippen LogP contribution in [0.15, 0.2) is 6.20 Å². The van der Waals surface area contributed by atoms with Gasteiger partial charge in [-0.1, -0.05) is 4.49 Å². The Morgan fingerprint density at radius 3 is 2.92 bits per heavy atom. The highest BCUT2D eigenvalue weighted by Crippen LogP contribution is 2.10. The highest BCUT2D eigenvalue weighted by atomic mass is 32.2. The lowest BCUT2D eigenvalue weighted by Gasteiger charge is -2.01. The lowest BCUT2D eigenvalue weighted by Crippen LogP contribution is -2.21. The zero-order valence-electron chi connectivity index (χ0n) is 6.10. The minimum atomic E-state index is -3.30. The number of sulfonamides is 1. The van der Waals surface area contributed by atoms with Gasteiger partial charge in [-0.3, -0.25) is 4.72 Å².